The number of fused-ring (bicyclic) bond motifs is 2. The van der Waals surface area contributed by atoms with Crippen LogP contribution in [0.5, 0.6) is 0 Å². The maximum absolute atomic E-state index is 14.3. The molecule has 1 unspecified atom stereocenters. The Hall–Kier alpha value is -2.19. The molecule has 0 radical (unpaired) electrons. The summed E-state index contributed by atoms with van der Waals surface area (Å²) in [7, 11) is 1.74. The molecule has 34 heavy (non-hydrogen) atoms. The van der Waals surface area contributed by atoms with Gasteiger partial charge in [-0.3, -0.25) is 14.4 Å². The minimum absolute atomic E-state index is 0.124. The van der Waals surface area contributed by atoms with Gasteiger partial charge in [-0.1, -0.05) is 50.5 Å². The van der Waals surface area contributed by atoms with Crippen molar-refractivity contribution >= 4 is 17.7 Å². The Morgan fingerprint density at radius 3 is 2.41 bits per heavy atom. The zero-order valence-electron chi connectivity index (χ0n) is 20.5. The van der Waals surface area contributed by atoms with E-state index in [9.17, 15) is 19.5 Å². The summed E-state index contributed by atoms with van der Waals surface area (Å²) in [5.74, 6) is -2.05. The number of hydrogen-bond acceptors (Lipinski definition) is 5. The zero-order valence-corrected chi connectivity index (χ0v) is 20.5. The zero-order chi connectivity index (χ0) is 24.3. The molecule has 4 heterocycles. The van der Waals surface area contributed by atoms with Crippen LogP contribution in [-0.2, 0) is 19.1 Å². The summed E-state index contributed by atoms with van der Waals surface area (Å²) in [6.07, 6.45) is 13.6. The molecule has 3 amide bonds. The van der Waals surface area contributed by atoms with Crippen molar-refractivity contribution in [1.82, 2.24) is 14.7 Å². The molecule has 0 aromatic rings. The van der Waals surface area contributed by atoms with E-state index in [2.05, 4.69) is 0 Å². The highest BCUT2D eigenvalue weighted by molar-refractivity contribution is 6.00. The normalized spacial score (nSPS) is 39.1. The van der Waals surface area contributed by atoms with Gasteiger partial charge in [0, 0.05) is 26.2 Å². The summed E-state index contributed by atoms with van der Waals surface area (Å²) in [6, 6.07) is -1.31. The molecule has 1 aliphatic carbocycles. The quantitative estimate of drug-likeness (QED) is 0.628. The minimum atomic E-state index is -1.24. The number of rotatable bonds is 4. The number of likely N-dealkylation sites (tertiary alicyclic amines) is 1. The van der Waals surface area contributed by atoms with Crippen LogP contribution in [0.4, 0.5) is 0 Å². The molecule has 2 saturated heterocycles. The second kappa shape index (κ2) is 8.48. The Morgan fingerprint density at radius 1 is 1.03 bits per heavy atom. The molecule has 5 rings (SSSR count). The maximum Gasteiger partial charge on any atom is 0.249 e. The van der Waals surface area contributed by atoms with Crippen LogP contribution in [0.3, 0.4) is 0 Å². The topological polar surface area (TPSA) is 90.4 Å². The summed E-state index contributed by atoms with van der Waals surface area (Å²) < 4.78 is 6.89. The third-order valence-corrected chi connectivity index (χ3v) is 8.86. The fraction of sp³-hybridized carbons (Fsp3) is 0.731. The molecular weight excluding hydrogens is 434 g/mol. The average molecular weight is 472 g/mol. The van der Waals surface area contributed by atoms with E-state index in [1.807, 2.05) is 36.1 Å². The summed E-state index contributed by atoms with van der Waals surface area (Å²) in [4.78, 5) is 47.1. The van der Waals surface area contributed by atoms with Crippen molar-refractivity contribution in [2.45, 2.75) is 81.7 Å². The number of amides is 3. The average Bonchev–Trinajstić information content (AvgIpc) is 3.16. The summed E-state index contributed by atoms with van der Waals surface area (Å²) >= 11 is 0. The second-order valence-corrected chi connectivity index (χ2v) is 10.7. The van der Waals surface area contributed by atoms with Gasteiger partial charge in [0.1, 0.15) is 11.6 Å². The fourth-order valence-electron chi connectivity index (χ4n) is 7.12. The first-order valence-corrected chi connectivity index (χ1v) is 12.9. The van der Waals surface area contributed by atoms with Gasteiger partial charge in [0.25, 0.3) is 0 Å². The lowest BCUT2D eigenvalue weighted by Crippen LogP contribution is -2.59. The number of hydrogen-bond donors (Lipinski definition) is 1. The van der Waals surface area contributed by atoms with E-state index >= 15 is 0 Å². The Kier molecular flexibility index (Phi) is 5.88. The molecule has 186 valence electrons. The number of nitrogens with zero attached hydrogens (tertiary/aromatic N) is 3. The minimum Gasteiger partial charge on any atom is -0.394 e. The van der Waals surface area contributed by atoms with Gasteiger partial charge >= 0.3 is 0 Å². The van der Waals surface area contributed by atoms with Gasteiger partial charge in [0.05, 0.1) is 30.1 Å². The standard InChI is InChI=1S/C26H37N3O5/c1-4-25-12-8-14-27(3)22(31)19(25)20-23(32)29(17(2)16-30)21-24(33)28(18-10-6-5-7-11-18)15-9-13-26(20,21)34-25/h8-9,12-13,17-21,30H,4-7,10-11,14-16H2,1-3H3/t17-,19-,20+,21?,25+,26+/m1/s1. The molecule has 8 nitrogen and oxygen atoms in total. The number of carbonyl (C=O) groups is 3. The monoisotopic (exact) mass is 471 g/mol. The van der Waals surface area contributed by atoms with E-state index in [1.54, 1.807) is 18.9 Å². The summed E-state index contributed by atoms with van der Waals surface area (Å²) in [6.45, 7) is 4.40. The lowest BCUT2D eigenvalue weighted by molar-refractivity contribution is -0.158. The molecule has 0 aromatic heterocycles. The summed E-state index contributed by atoms with van der Waals surface area (Å²) in [5.41, 5.74) is -2.18. The molecule has 1 spiro atoms. The van der Waals surface area contributed by atoms with E-state index < -0.39 is 35.1 Å². The Morgan fingerprint density at radius 2 is 1.74 bits per heavy atom. The van der Waals surface area contributed by atoms with E-state index in [0.29, 0.717) is 19.5 Å². The molecule has 1 N–H and O–H groups in total. The maximum atomic E-state index is 14.3. The van der Waals surface area contributed by atoms with Crippen molar-refractivity contribution in [2.24, 2.45) is 11.8 Å². The van der Waals surface area contributed by atoms with Gasteiger partial charge in [-0.15, -0.1) is 0 Å². The molecule has 4 aliphatic heterocycles. The summed E-state index contributed by atoms with van der Waals surface area (Å²) in [5, 5.41) is 10.0. The van der Waals surface area contributed by atoms with Crippen LogP contribution < -0.4 is 0 Å². The largest absolute Gasteiger partial charge is 0.394 e. The van der Waals surface area contributed by atoms with Gasteiger partial charge < -0.3 is 24.5 Å². The molecule has 5 aliphatic rings. The number of aliphatic hydroxyl groups is 1. The second-order valence-electron chi connectivity index (χ2n) is 10.7. The van der Waals surface area contributed by atoms with E-state index in [4.69, 9.17) is 4.74 Å². The van der Waals surface area contributed by atoms with Crippen LogP contribution in [0.1, 0.15) is 52.4 Å². The molecule has 0 aromatic carbocycles. The highest BCUT2D eigenvalue weighted by Crippen LogP contribution is 2.58. The lowest BCUT2D eigenvalue weighted by atomic mass is 9.73. The van der Waals surface area contributed by atoms with Crippen molar-refractivity contribution < 1.29 is 24.2 Å². The predicted molar refractivity (Wildman–Crippen MR) is 126 cm³/mol. The number of likely N-dealkylation sites (N-methyl/N-ethyl adjacent to an activating group) is 1. The van der Waals surface area contributed by atoms with Crippen LogP contribution in [0, 0.1) is 11.8 Å². The molecular formula is C26H37N3O5. The SMILES string of the molecule is CC[C@]12C=CCN(C)C(=O)[C@H]1[C@H]1C(=O)N([C@H](C)CO)C3C(=O)N(C4CCCCC4)CC=C[C@@]31O2. The van der Waals surface area contributed by atoms with Gasteiger partial charge in [-0.05, 0) is 26.2 Å². The predicted octanol–water partition coefficient (Wildman–Crippen LogP) is 1.49. The first kappa shape index (κ1) is 23.5. The van der Waals surface area contributed by atoms with Crippen LogP contribution in [0.15, 0.2) is 24.3 Å². The number of ether oxygens (including phenoxy) is 1. The fourth-order valence-corrected chi connectivity index (χ4v) is 7.12. The first-order valence-electron chi connectivity index (χ1n) is 12.9. The molecule has 3 fully saturated rings. The Bertz CT molecular complexity index is 927. The van der Waals surface area contributed by atoms with Crippen molar-refractivity contribution in [1.29, 1.82) is 0 Å². The molecule has 6 atom stereocenters. The van der Waals surface area contributed by atoms with Crippen molar-refractivity contribution in [3.63, 3.8) is 0 Å². The Balaban J connectivity index is 1.65. The van der Waals surface area contributed by atoms with E-state index in [0.717, 1.165) is 25.7 Å². The van der Waals surface area contributed by atoms with Crippen LogP contribution in [0.25, 0.3) is 0 Å². The van der Waals surface area contributed by atoms with Crippen molar-refractivity contribution in [2.75, 3.05) is 26.7 Å². The third-order valence-electron chi connectivity index (χ3n) is 8.86. The molecule has 1 saturated carbocycles. The van der Waals surface area contributed by atoms with Crippen LogP contribution in [0.2, 0.25) is 0 Å². The van der Waals surface area contributed by atoms with Crippen LogP contribution >= 0.6 is 0 Å². The van der Waals surface area contributed by atoms with E-state index in [1.165, 1.54) is 11.3 Å². The third kappa shape index (κ3) is 3.14. The van der Waals surface area contributed by atoms with Crippen molar-refractivity contribution in [3.05, 3.63) is 24.3 Å². The molecule has 0 bridgehead atoms. The smallest absolute Gasteiger partial charge is 0.249 e. The lowest BCUT2D eigenvalue weighted by Gasteiger charge is -2.42. The first-order chi connectivity index (χ1) is 16.3. The van der Waals surface area contributed by atoms with Gasteiger partial charge in [0.15, 0.2) is 0 Å². The highest BCUT2D eigenvalue weighted by atomic mass is 16.5. The highest BCUT2D eigenvalue weighted by Gasteiger charge is 2.75. The van der Waals surface area contributed by atoms with Crippen LogP contribution in [-0.4, -0.2) is 93.6 Å². The van der Waals surface area contributed by atoms with E-state index in [-0.39, 0.29) is 30.4 Å². The van der Waals surface area contributed by atoms with Gasteiger partial charge in [-0.2, -0.15) is 0 Å². The van der Waals surface area contributed by atoms with Gasteiger partial charge in [0.2, 0.25) is 17.7 Å². The number of carbonyl (C=O) groups excluding carboxylic acids is 3. The van der Waals surface area contributed by atoms with Gasteiger partial charge in [-0.25, -0.2) is 0 Å². The Labute approximate surface area is 201 Å². The number of aliphatic hydroxyl groups excluding tert-OH is 1. The van der Waals surface area contributed by atoms with Crippen molar-refractivity contribution in [3.8, 4) is 0 Å². The molecule has 8 heteroatoms.